The van der Waals surface area contributed by atoms with E-state index in [9.17, 15) is 14.0 Å². The van der Waals surface area contributed by atoms with E-state index in [0.717, 1.165) is 19.2 Å². The quantitative estimate of drug-likeness (QED) is 0.640. The number of carbonyl (C=O) groups is 2. The van der Waals surface area contributed by atoms with Crippen LogP contribution in [0.2, 0.25) is 5.02 Å². The molecule has 0 fully saturated rings. The number of hydrogen-bond donors (Lipinski definition) is 1. The maximum atomic E-state index is 12.9. The third kappa shape index (κ3) is 2.93. The molecule has 0 unspecified atom stereocenters. The number of esters is 1. The Kier molecular flexibility index (Phi) is 4.26. The molecule has 0 saturated heterocycles. The first-order valence-electron chi connectivity index (χ1n) is 3.99. The average Bonchev–Trinajstić information content (AvgIpc) is 2.21. The summed E-state index contributed by atoms with van der Waals surface area (Å²) < 4.78 is 17.3. The molecule has 0 spiro atoms. The standard InChI is InChI=1S/C9H6BrClFNO3/c1-16-9(15)8(14)13-7-5(10)2-4(12)3-6(7)11/h2-3H,1H3,(H,13,14). The Balaban J connectivity index is 2.98. The zero-order valence-electron chi connectivity index (χ0n) is 8.01. The van der Waals surface area contributed by atoms with Gasteiger partial charge in [0.15, 0.2) is 0 Å². The van der Waals surface area contributed by atoms with Gasteiger partial charge in [0.25, 0.3) is 0 Å². The second-order valence-corrected chi connectivity index (χ2v) is 3.95. The fourth-order valence-corrected chi connectivity index (χ4v) is 1.82. The van der Waals surface area contributed by atoms with Crippen molar-refractivity contribution >= 4 is 45.1 Å². The Bertz CT molecular complexity index is 429. The molecule has 0 bridgehead atoms. The molecule has 0 aliphatic rings. The number of halogens is 3. The summed E-state index contributed by atoms with van der Waals surface area (Å²) in [6, 6.07) is 2.12. The van der Waals surface area contributed by atoms with Crippen LogP contribution in [0.5, 0.6) is 0 Å². The van der Waals surface area contributed by atoms with E-state index in [1.165, 1.54) is 0 Å². The third-order valence-electron chi connectivity index (χ3n) is 1.62. The summed E-state index contributed by atoms with van der Waals surface area (Å²) in [5, 5.41) is 2.17. The van der Waals surface area contributed by atoms with Crippen molar-refractivity contribution in [2.24, 2.45) is 0 Å². The summed E-state index contributed by atoms with van der Waals surface area (Å²) in [5.41, 5.74) is 0.110. The van der Waals surface area contributed by atoms with Gasteiger partial charge < -0.3 is 10.1 Å². The van der Waals surface area contributed by atoms with Gasteiger partial charge in [-0.2, -0.15) is 0 Å². The van der Waals surface area contributed by atoms with Crippen molar-refractivity contribution in [1.82, 2.24) is 0 Å². The van der Waals surface area contributed by atoms with E-state index in [4.69, 9.17) is 11.6 Å². The van der Waals surface area contributed by atoms with Gasteiger partial charge >= 0.3 is 11.9 Å². The molecule has 1 aromatic carbocycles. The fourth-order valence-electron chi connectivity index (χ4n) is 0.919. The first-order valence-corrected chi connectivity index (χ1v) is 5.16. The molecule has 1 aromatic rings. The van der Waals surface area contributed by atoms with E-state index < -0.39 is 17.7 Å². The molecule has 0 radical (unpaired) electrons. The number of methoxy groups -OCH3 is 1. The van der Waals surface area contributed by atoms with Crippen molar-refractivity contribution in [3.63, 3.8) is 0 Å². The lowest BCUT2D eigenvalue weighted by Gasteiger charge is -2.08. The normalized spacial score (nSPS) is 9.75. The Morgan fingerprint density at radius 2 is 2.12 bits per heavy atom. The van der Waals surface area contributed by atoms with E-state index in [1.807, 2.05) is 0 Å². The topological polar surface area (TPSA) is 55.4 Å². The fraction of sp³-hybridized carbons (Fsp3) is 0.111. The Morgan fingerprint density at radius 3 is 2.62 bits per heavy atom. The molecule has 1 N–H and O–H groups in total. The Morgan fingerprint density at radius 1 is 1.50 bits per heavy atom. The molecule has 0 atom stereocenters. The minimum atomic E-state index is -1.06. The smallest absolute Gasteiger partial charge is 0.396 e. The van der Waals surface area contributed by atoms with Crippen LogP contribution in [0.1, 0.15) is 0 Å². The molecule has 0 aliphatic heterocycles. The SMILES string of the molecule is COC(=O)C(=O)Nc1c(Cl)cc(F)cc1Br. The molecule has 0 heterocycles. The maximum absolute atomic E-state index is 12.9. The maximum Gasteiger partial charge on any atom is 0.396 e. The van der Waals surface area contributed by atoms with Crippen LogP contribution in [-0.4, -0.2) is 19.0 Å². The van der Waals surface area contributed by atoms with Crippen molar-refractivity contribution in [2.45, 2.75) is 0 Å². The molecular formula is C9H6BrClFNO3. The molecule has 0 saturated carbocycles. The van der Waals surface area contributed by atoms with Gasteiger partial charge in [-0.15, -0.1) is 0 Å². The lowest BCUT2D eigenvalue weighted by Crippen LogP contribution is -2.24. The highest BCUT2D eigenvalue weighted by Gasteiger charge is 2.17. The largest absolute Gasteiger partial charge is 0.462 e. The van der Waals surface area contributed by atoms with Crippen LogP contribution >= 0.6 is 27.5 Å². The van der Waals surface area contributed by atoms with Crippen molar-refractivity contribution in [3.8, 4) is 0 Å². The lowest BCUT2D eigenvalue weighted by atomic mass is 10.3. The van der Waals surface area contributed by atoms with Crippen molar-refractivity contribution in [2.75, 3.05) is 12.4 Å². The predicted octanol–water partition coefficient (Wildman–Crippen LogP) is 2.35. The molecule has 1 amide bonds. The van der Waals surface area contributed by atoms with Crippen LogP contribution in [0.15, 0.2) is 16.6 Å². The average molecular weight is 311 g/mol. The number of anilines is 1. The van der Waals surface area contributed by atoms with E-state index in [1.54, 1.807) is 0 Å². The van der Waals surface area contributed by atoms with Gasteiger partial charge in [-0.3, -0.25) is 4.79 Å². The number of rotatable bonds is 1. The highest BCUT2D eigenvalue weighted by atomic mass is 79.9. The van der Waals surface area contributed by atoms with E-state index in [2.05, 4.69) is 26.0 Å². The molecule has 0 aromatic heterocycles. The van der Waals surface area contributed by atoms with Gasteiger partial charge in [0.05, 0.1) is 17.8 Å². The van der Waals surface area contributed by atoms with Crippen LogP contribution in [0.4, 0.5) is 10.1 Å². The highest BCUT2D eigenvalue weighted by molar-refractivity contribution is 9.10. The minimum absolute atomic E-state index is 0.0240. The second kappa shape index (κ2) is 5.27. The first kappa shape index (κ1) is 12.9. The van der Waals surface area contributed by atoms with Crippen molar-refractivity contribution in [1.29, 1.82) is 0 Å². The van der Waals surface area contributed by atoms with Crippen LogP contribution in [-0.2, 0) is 14.3 Å². The summed E-state index contributed by atoms with van der Waals surface area (Å²) in [4.78, 5) is 22.0. The van der Waals surface area contributed by atoms with E-state index in [0.29, 0.717) is 0 Å². The molecular weight excluding hydrogens is 304 g/mol. The van der Waals surface area contributed by atoms with Crippen LogP contribution in [0.3, 0.4) is 0 Å². The van der Waals surface area contributed by atoms with Gasteiger partial charge in [0.2, 0.25) is 0 Å². The molecule has 0 aliphatic carbocycles. The number of carbonyl (C=O) groups excluding carboxylic acids is 2. The zero-order valence-corrected chi connectivity index (χ0v) is 10.4. The lowest BCUT2D eigenvalue weighted by molar-refractivity contribution is -0.150. The minimum Gasteiger partial charge on any atom is -0.462 e. The van der Waals surface area contributed by atoms with E-state index >= 15 is 0 Å². The van der Waals surface area contributed by atoms with Crippen molar-refractivity contribution in [3.05, 3.63) is 27.4 Å². The predicted molar refractivity (Wildman–Crippen MR) is 59.8 cm³/mol. The second-order valence-electron chi connectivity index (χ2n) is 2.69. The van der Waals surface area contributed by atoms with Crippen LogP contribution < -0.4 is 5.32 Å². The Hall–Kier alpha value is -1.14. The molecule has 4 nitrogen and oxygen atoms in total. The van der Waals surface area contributed by atoms with Crippen LogP contribution in [0.25, 0.3) is 0 Å². The zero-order chi connectivity index (χ0) is 12.3. The highest BCUT2D eigenvalue weighted by Crippen LogP contribution is 2.31. The monoisotopic (exact) mass is 309 g/mol. The molecule has 7 heteroatoms. The van der Waals surface area contributed by atoms with Gasteiger partial charge in [-0.25, -0.2) is 9.18 Å². The van der Waals surface area contributed by atoms with Gasteiger partial charge in [-0.05, 0) is 28.1 Å². The number of amides is 1. The summed E-state index contributed by atoms with van der Waals surface area (Å²) in [5.74, 6) is -2.61. The van der Waals surface area contributed by atoms with Crippen molar-refractivity contribution < 1.29 is 18.7 Å². The number of hydrogen-bond acceptors (Lipinski definition) is 3. The van der Waals surface area contributed by atoms with E-state index in [-0.39, 0.29) is 15.2 Å². The first-order chi connectivity index (χ1) is 7.45. The van der Waals surface area contributed by atoms with Gasteiger partial charge in [-0.1, -0.05) is 11.6 Å². The summed E-state index contributed by atoms with van der Waals surface area (Å²) in [6.07, 6.45) is 0. The number of benzene rings is 1. The summed E-state index contributed by atoms with van der Waals surface area (Å²) in [7, 11) is 1.07. The number of nitrogens with one attached hydrogen (secondary N) is 1. The molecule has 86 valence electrons. The molecule has 1 rings (SSSR count). The van der Waals surface area contributed by atoms with Gasteiger partial charge in [0, 0.05) is 4.47 Å². The third-order valence-corrected chi connectivity index (χ3v) is 2.54. The van der Waals surface area contributed by atoms with Gasteiger partial charge in [0.1, 0.15) is 5.82 Å². The molecule has 16 heavy (non-hydrogen) atoms. The Labute approximate surface area is 104 Å². The van der Waals surface area contributed by atoms with Crippen LogP contribution in [0, 0.1) is 5.82 Å². The summed E-state index contributed by atoms with van der Waals surface area (Å²) in [6.45, 7) is 0. The summed E-state index contributed by atoms with van der Waals surface area (Å²) >= 11 is 8.70. The number of ether oxygens (including phenoxy) is 1.